The minimum Gasteiger partial charge on any atom is -0.497 e. The molecule has 0 spiro atoms. The Balaban J connectivity index is 1.86. The molecule has 0 heterocycles. The Morgan fingerprint density at radius 1 is 1.04 bits per heavy atom. The monoisotopic (exact) mass is 340 g/mol. The Morgan fingerprint density at radius 3 is 2.48 bits per heavy atom. The van der Waals surface area contributed by atoms with E-state index in [1.165, 1.54) is 13.2 Å². The number of ketones is 1. The molecule has 0 unspecified atom stereocenters. The van der Waals surface area contributed by atoms with Crippen molar-refractivity contribution in [2.24, 2.45) is 0 Å². The highest BCUT2D eigenvalue weighted by Crippen LogP contribution is 2.14. The van der Waals surface area contributed by atoms with Crippen LogP contribution in [-0.4, -0.2) is 32.1 Å². The number of methoxy groups -OCH3 is 1. The van der Waals surface area contributed by atoms with Gasteiger partial charge in [0, 0.05) is 11.6 Å². The summed E-state index contributed by atoms with van der Waals surface area (Å²) in [4.78, 5) is 23.8. The first-order valence-corrected chi connectivity index (χ1v) is 7.87. The number of ether oxygens (including phenoxy) is 3. The normalized spacial score (nSPS) is 10.5. The van der Waals surface area contributed by atoms with Gasteiger partial charge in [0.1, 0.15) is 11.5 Å². The van der Waals surface area contributed by atoms with Crippen molar-refractivity contribution in [2.75, 3.05) is 20.3 Å². The average molecular weight is 340 g/mol. The first kappa shape index (κ1) is 18.3. The zero-order chi connectivity index (χ0) is 18.1. The van der Waals surface area contributed by atoms with Gasteiger partial charge < -0.3 is 14.2 Å². The molecule has 0 radical (unpaired) electrons. The van der Waals surface area contributed by atoms with Crippen molar-refractivity contribution in [3.8, 4) is 11.5 Å². The molecule has 0 saturated heterocycles. The second-order valence-electron chi connectivity index (χ2n) is 5.10. The van der Waals surface area contributed by atoms with Gasteiger partial charge >= 0.3 is 5.97 Å². The van der Waals surface area contributed by atoms with Crippen molar-refractivity contribution in [3.63, 3.8) is 0 Å². The zero-order valence-corrected chi connectivity index (χ0v) is 14.2. The average Bonchev–Trinajstić information content (AvgIpc) is 2.65. The fourth-order valence-electron chi connectivity index (χ4n) is 2.07. The van der Waals surface area contributed by atoms with Crippen molar-refractivity contribution in [1.29, 1.82) is 0 Å². The van der Waals surface area contributed by atoms with Crippen LogP contribution >= 0.6 is 0 Å². The molecule has 0 aromatic heterocycles. The standard InChI is InChI=1S/C20H20O5/c1-3-24-17-10-7-15(8-11-17)9-12-20(22)25-14-19(21)16-5-4-6-18(13-16)23-2/h4-13H,3,14H2,1-2H3/b12-9+. The minimum atomic E-state index is -0.579. The number of Topliss-reactive ketones (excluding diaryl/α,β-unsaturated/α-hetero) is 1. The third-order valence-corrected chi connectivity index (χ3v) is 3.34. The maximum Gasteiger partial charge on any atom is 0.331 e. The first-order valence-electron chi connectivity index (χ1n) is 7.87. The Labute approximate surface area is 146 Å². The maximum atomic E-state index is 12.0. The molecule has 0 bridgehead atoms. The molecule has 0 fully saturated rings. The number of carbonyl (C=O) groups is 2. The van der Waals surface area contributed by atoms with E-state index in [2.05, 4.69) is 0 Å². The molecule has 2 aromatic carbocycles. The third kappa shape index (κ3) is 5.80. The fraction of sp³-hybridized carbons (Fsp3) is 0.200. The highest BCUT2D eigenvalue weighted by atomic mass is 16.5. The van der Waals surface area contributed by atoms with Gasteiger partial charge in [0.05, 0.1) is 13.7 Å². The Bertz CT molecular complexity index is 747. The van der Waals surface area contributed by atoms with Crippen molar-refractivity contribution in [1.82, 2.24) is 0 Å². The molecule has 0 aliphatic carbocycles. The van der Waals surface area contributed by atoms with Crippen molar-refractivity contribution in [3.05, 3.63) is 65.7 Å². The van der Waals surface area contributed by atoms with E-state index in [0.29, 0.717) is 17.9 Å². The van der Waals surface area contributed by atoms with E-state index in [1.807, 2.05) is 31.2 Å². The summed E-state index contributed by atoms with van der Waals surface area (Å²) in [5.74, 6) is 0.477. The van der Waals surface area contributed by atoms with Crippen LogP contribution in [0.5, 0.6) is 11.5 Å². The van der Waals surface area contributed by atoms with Gasteiger partial charge in [-0.25, -0.2) is 4.79 Å². The number of hydrogen-bond acceptors (Lipinski definition) is 5. The molecule has 0 saturated carbocycles. The highest BCUT2D eigenvalue weighted by Gasteiger charge is 2.09. The molecule has 130 valence electrons. The van der Waals surface area contributed by atoms with Gasteiger partial charge in [0.15, 0.2) is 12.4 Å². The van der Waals surface area contributed by atoms with E-state index in [4.69, 9.17) is 14.2 Å². The molecule has 5 heteroatoms. The SMILES string of the molecule is CCOc1ccc(/C=C/C(=O)OCC(=O)c2cccc(OC)c2)cc1. The molecule has 0 N–H and O–H groups in total. The van der Waals surface area contributed by atoms with Crippen LogP contribution in [0.25, 0.3) is 6.08 Å². The van der Waals surface area contributed by atoms with E-state index in [-0.39, 0.29) is 12.4 Å². The number of hydrogen-bond donors (Lipinski definition) is 0. The summed E-state index contributed by atoms with van der Waals surface area (Å²) in [7, 11) is 1.52. The number of carbonyl (C=O) groups excluding carboxylic acids is 2. The van der Waals surface area contributed by atoms with Crippen LogP contribution in [0, 0.1) is 0 Å². The summed E-state index contributed by atoms with van der Waals surface area (Å²) >= 11 is 0. The zero-order valence-electron chi connectivity index (χ0n) is 14.2. The summed E-state index contributed by atoms with van der Waals surface area (Å²) in [6.07, 6.45) is 2.91. The lowest BCUT2D eigenvalue weighted by Crippen LogP contribution is -2.12. The largest absolute Gasteiger partial charge is 0.497 e. The molecule has 2 aromatic rings. The van der Waals surface area contributed by atoms with Crippen LogP contribution in [0.1, 0.15) is 22.8 Å². The molecule has 0 aliphatic heterocycles. The quantitative estimate of drug-likeness (QED) is 0.418. The van der Waals surface area contributed by atoms with Crippen LogP contribution in [0.2, 0.25) is 0 Å². The second-order valence-corrected chi connectivity index (χ2v) is 5.10. The van der Waals surface area contributed by atoms with Crippen LogP contribution in [-0.2, 0) is 9.53 Å². The highest BCUT2D eigenvalue weighted by molar-refractivity contribution is 5.99. The van der Waals surface area contributed by atoms with Crippen molar-refractivity contribution < 1.29 is 23.8 Å². The van der Waals surface area contributed by atoms with E-state index < -0.39 is 5.97 Å². The lowest BCUT2D eigenvalue weighted by molar-refractivity contribution is -0.136. The fourth-order valence-corrected chi connectivity index (χ4v) is 2.07. The van der Waals surface area contributed by atoms with Crippen LogP contribution in [0.15, 0.2) is 54.6 Å². The van der Waals surface area contributed by atoms with E-state index in [1.54, 1.807) is 30.3 Å². The molecule has 5 nitrogen and oxygen atoms in total. The molecule has 0 atom stereocenters. The van der Waals surface area contributed by atoms with Gasteiger partial charge in [-0.15, -0.1) is 0 Å². The summed E-state index contributed by atoms with van der Waals surface area (Å²) in [5.41, 5.74) is 1.27. The van der Waals surface area contributed by atoms with E-state index in [0.717, 1.165) is 11.3 Å². The summed E-state index contributed by atoms with van der Waals surface area (Å²) in [6.45, 7) is 2.19. The van der Waals surface area contributed by atoms with Crippen LogP contribution < -0.4 is 9.47 Å². The van der Waals surface area contributed by atoms with Crippen LogP contribution in [0.4, 0.5) is 0 Å². The third-order valence-electron chi connectivity index (χ3n) is 3.34. The number of benzene rings is 2. The molecule has 0 amide bonds. The number of esters is 1. The van der Waals surface area contributed by atoms with E-state index >= 15 is 0 Å². The van der Waals surface area contributed by atoms with E-state index in [9.17, 15) is 9.59 Å². The minimum absolute atomic E-state index is 0.290. The van der Waals surface area contributed by atoms with Gasteiger partial charge in [-0.05, 0) is 42.8 Å². The first-order chi connectivity index (χ1) is 12.1. The summed E-state index contributed by atoms with van der Waals surface area (Å²) < 4.78 is 15.4. The Hall–Kier alpha value is -3.08. The van der Waals surface area contributed by atoms with Gasteiger partial charge in [-0.1, -0.05) is 24.3 Å². The molecular weight excluding hydrogens is 320 g/mol. The smallest absolute Gasteiger partial charge is 0.331 e. The molecule has 25 heavy (non-hydrogen) atoms. The van der Waals surface area contributed by atoms with Crippen molar-refractivity contribution >= 4 is 17.8 Å². The Kier molecular flexibility index (Phi) is 6.77. The lowest BCUT2D eigenvalue weighted by atomic mass is 10.1. The van der Waals surface area contributed by atoms with Gasteiger partial charge in [-0.2, -0.15) is 0 Å². The number of rotatable bonds is 8. The predicted molar refractivity (Wildman–Crippen MR) is 94.9 cm³/mol. The van der Waals surface area contributed by atoms with Crippen molar-refractivity contribution in [2.45, 2.75) is 6.92 Å². The topological polar surface area (TPSA) is 61.8 Å². The molecule has 0 aliphatic rings. The van der Waals surface area contributed by atoms with Crippen LogP contribution in [0.3, 0.4) is 0 Å². The summed E-state index contributed by atoms with van der Waals surface area (Å²) in [6, 6.07) is 14.0. The molecular formula is C20H20O5. The van der Waals surface area contributed by atoms with Gasteiger partial charge in [-0.3, -0.25) is 4.79 Å². The second kappa shape index (κ2) is 9.27. The molecule has 2 rings (SSSR count). The Morgan fingerprint density at radius 2 is 1.80 bits per heavy atom. The summed E-state index contributed by atoms with van der Waals surface area (Å²) in [5, 5.41) is 0. The van der Waals surface area contributed by atoms with Gasteiger partial charge in [0.2, 0.25) is 0 Å². The predicted octanol–water partition coefficient (Wildman–Crippen LogP) is 3.53. The van der Waals surface area contributed by atoms with Gasteiger partial charge in [0.25, 0.3) is 0 Å². The maximum absolute atomic E-state index is 12.0. The lowest BCUT2D eigenvalue weighted by Gasteiger charge is -2.04.